The van der Waals surface area contributed by atoms with Gasteiger partial charge in [0.05, 0.1) is 27.8 Å². The van der Waals surface area contributed by atoms with Crippen molar-refractivity contribution in [2.45, 2.75) is 0 Å². The first-order valence-electron chi connectivity index (χ1n) is 18.1. The van der Waals surface area contributed by atoms with Gasteiger partial charge in [-0.2, -0.15) is 0 Å². The minimum absolute atomic E-state index is 0.864. The Kier molecular flexibility index (Phi) is 6.55. The van der Waals surface area contributed by atoms with Crippen molar-refractivity contribution in [2.75, 3.05) is 4.90 Å². The van der Waals surface area contributed by atoms with Crippen LogP contribution >= 0.6 is 0 Å². The minimum atomic E-state index is 0.864. The molecule has 0 aliphatic rings. The Balaban J connectivity index is 1.23. The maximum Gasteiger partial charge on any atom is 0.143 e. The Morgan fingerprint density at radius 3 is 1.94 bits per heavy atom. The molecule has 0 bridgehead atoms. The van der Waals surface area contributed by atoms with Gasteiger partial charge in [0.25, 0.3) is 0 Å². The lowest BCUT2D eigenvalue weighted by molar-refractivity contribution is 0.672. The van der Waals surface area contributed by atoms with Crippen molar-refractivity contribution in [3.05, 3.63) is 194 Å². The predicted octanol–water partition coefficient (Wildman–Crippen LogP) is 14.1. The van der Waals surface area contributed by atoms with Gasteiger partial charge in [0.1, 0.15) is 11.2 Å². The number of benzene rings is 9. The van der Waals surface area contributed by atoms with Crippen LogP contribution in [0.15, 0.2) is 199 Å². The normalized spacial score (nSPS) is 11.8. The third-order valence-corrected chi connectivity index (χ3v) is 10.7. The molecule has 11 rings (SSSR count). The van der Waals surface area contributed by atoms with Crippen LogP contribution in [0.4, 0.5) is 17.1 Å². The zero-order chi connectivity index (χ0) is 34.9. The number of nitrogens with zero attached hydrogens (tertiary/aromatic N) is 2. The highest BCUT2D eigenvalue weighted by atomic mass is 16.3. The fourth-order valence-electron chi connectivity index (χ4n) is 8.36. The molecule has 0 aliphatic carbocycles. The molecule has 0 amide bonds. The predicted molar refractivity (Wildman–Crippen MR) is 223 cm³/mol. The summed E-state index contributed by atoms with van der Waals surface area (Å²) in [6.45, 7) is 0. The molecule has 11 aromatic rings. The van der Waals surface area contributed by atoms with E-state index in [1.165, 1.54) is 38.0 Å². The van der Waals surface area contributed by atoms with Gasteiger partial charge >= 0.3 is 0 Å². The Labute approximate surface area is 306 Å². The SMILES string of the molecule is c1ccc(-n2c3ccccc3c3c(N(c4cccc(-c5ccc6ccccc6c5)c4)c4cccc5oc6c7ccccc7ccc6c45)cccc32)cc1. The lowest BCUT2D eigenvalue weighted by Crippen LogP contribution is -2.11. The number of hydrogen-bond acceptors (Lipinski definition) is 2. The molecule has 0 aliphatic heterocycles. The monoisotopic (exact) mass is 676 g/mol. The summed E-state index contributed by atoms with van der Waals surface area (Å²) < 4.78 is 9.14. The number of furan rings is 1. The first-order chi connectivity index (χ1) is 26.3. The van der Waals surface area contributed by atoms with Gasteiger partial charge in [0.2, 0.25) is 0 Å². The van der Waals surface area contributed by atoms with Gasteiger partial charge in [-0.1, -0.05) is 127 Å². The highest BCUT2D eigenvalue weighted by Gasteiger charge is 2.24. The summed E-state index contributed by atoms with van der Waals surface area (Å²) in [4.78, 5) is 2.45. The highest BCUT2D eigenvalue weighted by Crippen LogP contribution is 2.48. The van der Waals surface area contributed by atoms with Crippen molar-refractivity contribution in [1.29, 1.82) is 0 Å². The first kappa shape index (κ1) is 29.6. The Hall–Kier alpha value is -7.10. The molecule has 0 atom stereocenters. The van der Waals surface area contributed by atoms with Crippen LogP contribution in [0, 0.1) is 0 Å². The van der Waals surface area contributed by atoms with Crippen LogP contribution in [0.1, 0.15) is 0 Å². The van der Waals surface area contributed by atoms with Crippen molar-refractivity contribution in [3.63, 3.8) is 0 Å². The van der Waals surface area contributed by atoms with Gasteiger partial charge in [-0.25, -0.2) is 0 Å². The molecule has 9 aromatic carbocycles. The molecule has 0 radical (unpaired) electrons. The number of para-hydroxylation sites is 2. The third-order valence-electron chi connectivity index (χ3n) is 10.7. The van der Waals surface area contributed by atoms with Crippen molar-refractivity contribution >= 4 is 82.4 Å². The van der Waals surface area contributed by atoms with Gasteiger partial charge in [-0.15, -0.1) is 0 Å². The minimum Gasteiger partial charge on any atom is -0.455 e. The zero-order valence-electron chi connectivity index (χ0n) is 28.8. The van der Waals surface area contributed by atoms with E-state index in [0.717, 1.165) is 61.2 Å². The maximum atomic E-state index is 6.75. The average molecular weight is 677 g/mol. The maximum absolute atomic E-state index is 6.75. The van der Waals surface area contributed by atoms with E-state index in [0.29, 0.717) is 0 Å². The molecule has 0 N–H and O–H groups in total. The molecule has 248 valence electrons. The van der Waals surface area contributed by atoms with Crippen LogP contribution in [0.2, 0.25) is 0 Å². The van der Waals surface area contributed by atoms with Gasteiger partial charge in [-0.05, 0) is 94.0 Å². The molecule has 0 fully saturated rings. The Morgan fingerprint density at radius 2 is 1.06 bits per heavy atom. The van der Waals surface area contributed by atoms with Crippen molar-refractivity contribution in [2.24, 2.45) is 0 Å². The smallest absolute Gasteiger partial charge is 0.143 e. The van der Waals surface area contributed by atoms with Crippen LogP contribution in [-0.4, -0.2) is 4.57 Å². The van der Waals surface area contributed by atoms with Gasteiger partial charge < -0.3 is 13.9 Å². The molecular weight excluding hydrogens is 645 g/mol. The third kappa shape index (κ3) is 4.61. The Morgan fingerprint density at radius 1 is 0.396 bits per heavy atom. The van der Waals surface area contributed by atoms with Gasteiger partial charge in [0.15, 0.2) is 0 Å². The summed E-state index contributed by atoms with van der Waals surface area (Å²) in [6, 6.07) is 69.8. The first-order valence-corrected chi connectivity index (χ1v) is 18.1. The highest BCUT2D eigenvalue weighted by molar-refractivity contribution is 6.22. The fraction of sp³-hybridized carbons (Fsp3) is 0. The van der Waals surface area contributed by atoms with Gasteiger partial charge in [0, 0.05) is 32.9 Å². The summed E-state index contributed by atoms with van der Waals surface area (Å²) in [7, 11) is 0. The number of hydrogen-bond donors (Lipinski definition) is 0. The lowest BCUT2D eigenvalue weighted by atomic mass is 9.99. The number of fused-ring (bicyclic) bond motifs is 9. The summed E-state index contributed by atoms with van der Waals surface area (Å²) in [5, 5.41) is 9.33. The summed E-state index contributed by atoms with van der Waals surface area (Å²) in [5.41, 5.74) is 10.8. The molecule has 53 heavy (non-hydrogen) atoms. The second kappa shape index (κ2) is 11.7. The van der Waals surface area contributed by atoms with E-state index in [-0.39, 0.29) is 0 Å². The number of anilines is 3. The van der Waals surface area contributed by atoms with E-state index in [1.807, 2.05) is 0 Å². The van der Waals surface area contributed by atoms with Crippen LogP contribution in [0.5, 0.6) is 0 Å². The van der Waals surface area contributed by atoms with Crippen LogP contribution in [-0.2, 0) is 0 Å². The molecule has 0 saturated carbocycles. The Bertz CT molecular complexity index is 3190. The number of rotatable bonds is 5. The quantitative estimate of drug-likeness (QED) is 0.181. The van der Waals surface area contributed by atoms with Crippen LogP contribution in [0.25, 0.3) is 82.1 Å². The lowest BCUT2D eigenvalue weighted by Gasteiger charge is -2.28. The standard InChI is InChI=1S/C50H32N2O/c1-2-17-38(18-3-1)51-43-22-9-8-21-41(43)48-44(51)23-11-24-45(48)52(39-19-10-16-36(32-39)37-28-27-33-13-4-5-15-35(33)31-37)46-25-12-26-47-49(46)42-30-29-34-14-6-7-20-40(34)50(42)53-47/h1-32H. The molecule has 0 saturated heterocycles. The molecule has 3 heteroatoms. The molecule has 0 spiro atoms. The van der Waals surface area contributed by atoms with Gasteiger partial charge in [-0.3, -0.25) is 0 Å². The molecule has 3 nitrogen and oxygen atoms in total. The second-order valence-corrected chi connectivity index (χ2v) is 13.7. The molecule has 0 unspecified atom stereocenters. The van der Waals surface area contributed by atoms with Crippen LogP contribution < -0.4 is 4.90 Å². The van der Waals surface area contributed by atoms with E-state index >= 15 is 0 Å². The summed E-state index contributed by atoms with van der Waals surface area (Å²) in [6.07, 6.45) is 0. The van der Waals surface area contributed by atoms with E-state index in [9.17, 15) is 0 Å². The second-order valence-electron chi connectivity index (χ2n) is 13.7. The van der Waals surface area contributed by atoms with Crippen molar-refractivity contribution in [3.8, 4) is 16.8 Å². The van der Waals surface area contributed by atoms with E-state index in [4.69, 9.17) is 4.42 Å². The topological polar surface area (TPSA) is 21.3 Å². The van der Waals surface area contributed by atoms with Crippen molar-refractivity contribution in [1.82, 2.24) is 4.57 Å². The molecular formula is C50H32N2O. The summed E-state index contributed by atoms with van der Waals surface area (Å²) in [5.74, 6) is 0. The fourth-order valence-corrected chi connectivity index (χ4v) is 8.36. The van der Waals surface area contributed by atoms with E-state index < -0.39 is 0 Å². The van der Waals surface area contributed by atoms with E-state index in [1.54, 1.807) is 0 Å². The van der Waals surface area contributed by atoms with E-state index in [2.05, 4.69) is 204 Å². The molecule has 2 aromatic heterocycles. The van der Waals surface area contributed by atoms with Crippen LogP contribution in [0.3, 0.4) is 0 Å². The zero-order valence-corrected chi connectivity index (χ0v) is 28.8. The molecule has 2 heterocycles. The van der Waals surface area contributed by atoms with Crippen molar-refractivity contribution < 1.29 is 4.42 Å². The number of aromatic nitrogens is 1. The largest absolute Gasteiger partial charge is 0.455 e. The summed E-state index contributed by atoms with van der Waals surface area (Å²) >= 11 is 0. The average Bonchev–Trinajstić information content (AvgIpc) is 3.78.